The van der Waals surface area contributed by atoms with Gasteiger partial charge in [-0.05, 0) is 62.4 Å². The maximum Gasteiger partial charge on any atom is 0.191 e. The van der Waals surface area contributed by atoms with E-state index < -0.39 is 0 Å². The number of hydrogen-bond donors (Lipinski definition) is 2. The number of aromatic nitrogens is 1. The molecule has 2 heterocycles. The van der Waals surface area contributed by atoms with E-state index in [0.29, 0.717) is 32.9 Å². The number of ether oxygens (including phenoxy) is 2. The Morgan fingerprint density at radius 1 is 1.06 bits per heavy atom. The van der Waals surface area contributed by atoms with Crippen LogP contribution in [-0.4, -0.2) is 50.9 Å². The van der Waals surface area contributed by atoms with Crippen molar-refractivity contribution >= 4 is 11.8 Å². The minimum absolute atomic E-state index is 0.540. The van der Waals surface area contributed by atoms with Crippen LogP contribution in [0, 0.1) is 6.92 Å². The molecule has 0 aliphatic carbocycles. The lowest BCUT2D eigenvalue weighted by Crippen LogP contribution is -2.36. The molecule has 1 aliphatic rings. The summed E-state index contributed by atoms with van der Waals surface area (Å²) in [5.74, 6) is 2.70. The number of anilines is 1. The van der Waals surface area contributed by atoms with E-state index in [1.165, 1.54) is 30.4 Å². The van der Waals surface area contributed by atoms with Crippen LogP contribution in [0.4, 0.5) is 5.82 Å². The Balaban J connectivity index is 1.53. The highest BCUT2D eigenvalue weighted by Crippen LogP contribution is 2.21. The van der Waals surface area contributed by atoms with Crippen LogP contribution in [0.5, 0.6) is 5.75 Å². The Hall–Kier alpha value is -2.80. The summed E-state index contributed by atoms with van der Waals surface area (Å²) in [6, 6.07) is 10.5. The van der Waals surface area contributed by atoms with E-state index in [-0.39, 0.29) is 0 Å². The van der Waals surface area contributed by atoms with Gasteiger partial charge < -0.3 is 25.0 Å². The number of aliphatic imine (C=N–C) groups is 1. The van der Waals surface area contributed by atoms with E-state index in [0.717, 1.165) is 36.2 Å². The molecule has 1 aromatic carbocycles. The van der Waals surface area contributed by atoms with Crippen molar-refractivity contribution in [3.05, 3.63) is 53.2 Å². The first-order valence-corrected chi connectivity index (χ1v) is 11.6. The first kappa shape index (κ1) is 23.9. The number of benzene rings is 1. The molecule has 0 spiro atoms. The molecule has 0 atom stereocenters. The number of piperidine rings is 1. The first-order chi connectivity index (χ1) is 15.7. The fourth-order valence-electron chi connectivity index (χ4n) is 3.75. The average molecular weight is 440 g/mol. The summed E-state index contributed by atoms with van der Waals surface area (Å²) in [6.07, 6.45) is 5.71. The molecule has 0 bridgehead atoms. The van der Waals surface area contributed by atoms with Crippen LogP contribution >= 0.6 is 0 Å². The molecule has 32 heavy (non-hydrogen) atoms. The van der Waals surface area contributed by atoms with Gasteiger partial charge in [0.1, 0.15) is 18.2 Å². The van der Waals surface area contributed by atoms with Crippen molar-refractivity contribution in [1.29, 1.82) is 0 Å². The second-order valence-corrected chi connectivity index (χ2v) is 8.01. The second kappa shape index (κ2) is 12.9. The van der Waals surface area contributed by atoms with Gasteiger partial charge in [-0.15, -0.1) is 0 Å². The molecule has 2 N–H and O–H groups in total. The van der Waals surface area contributed by atoms with Gasteiger partial charge in [0.15, 0.2) is 5.96 Å². The molecular formula is C25H37N5O2. The Morgan fingerprint density at radius 3 is 2.66 bits per heavy atom. The lowest BCUT2D eigenvalue weighted by molar-refractivity contribution is 0.110. The zero-order valence-electron chi connectivity index (χ0n) is 19.7. The van der Waals surface area contributed by atoms with Gasteiger partial charge in [0.25, 0.3) is 0 Å². The smallest absolute Gasteiger partial charge is 0.191 e. The molecule has 0 amide bonds. The van der Waals surface area contributed by atoms with Crippen LogP contribution in [0.25, 0.3) is 0 Å². The van der Waals surface area contributed by atoms with Gasteiger partial charge in [-0.25, -0.2) is 4.98 Å². The highest BCUT2D eigenvalue weighted by Gasteiger charge is 2.12. The van der Waals surface area contributed by atoms with E-state index in [1.807, 2.05) is 13.1 Å². The molecule has 1 aliphatic heterocycles. The van der Waals surface area contributed by atoms with Gasteiger partial charge in [-0.3, -0.25) is 4.99 Å². The quantitative estimate of drug-likeness (QED) is 0.334. The predicted molar refractivity (Wildman–Crippen MR) is 131 cm³/mol. The van der Waals surface area contributed by atoms with Crippen LogP contribution < -0.4 is 20.3 Å². The van der Waals surface area contributed by atoms with Gasteiger partial charge in [-0.1, -0.05) is 12.1 Å². The third kappa shape index (κ3) is 7.41. The molecular weight excluding hydrogens is 402 g/mol. The second-order valence-electron chi connectivity index (χ2n) is 8.01. The van der Waals surface area contributed by atoms with Crippen molar-refractivity contribution in [2.75, 3.05) is 44.9 Å². The summed E-state index contributed by atoms with van der Waals surface area (Å²) in [5.41, 5.74) is 3.45. The number of hydrogen-bond acceptors (Lipinski definition) is 5. The van der Waals surface area contributed by atoms with E-state index in [9.17, 15) is 0 Å². The number of nitrogens with zero attached hydrogens (tertiary/aromatic N) is 3. The van der Waals surface area contributed by atoms with E-state index >= 15 is 0 Å². The van der Waals surface area contributed by atoms with Crippen LogP contribution in [0.1, 0.15) is 42.9 Å². The van der Waals surface area contributed by atoms with Gasteiger partial charge in [-0.2, -0.15) is 0 Å². The van der Waals surface area contributed by atoms with Crippen molar-refractivity contribution in [2.24, 2.45) is 4.99 Å². The third-order valence-corrected chi connectivity index (χ3v) is 5.53. The number of aryl methyl sites for hydroxylation is 1. The van der Waals surface area contributed by atoms with Crippen molar-refractivity contribution in [1.82, 2.24) is 15.6 Å². The fourth-order valence-corrected chi connectivity index (χ4v) is 3.75. The zero-order valence-corrected chi connectivity index (χ0v) is 19.7. The van der Waals surface area contributed by atoms with Crippen LogP contribution in [0.15, 0.2) is 41.5 Å². The predicted octanol–water partition coefficient (Wildman–Crippen LogP) is 3.66. The maximum atomic E-state index is 5.95. The summed E-state index contributed by atoms with van der Waals surface area (Å²) >= 11 is 0. The van der Waals surface area contributed by atoms with Gasteiger partial charge >= 0.3 is 0 Å². The molecule has 3 rings (SSSR count). The van der Waals surface area contributed by atoms with E-state index in [2.05, 4.69) is 62.8 Å². The molecule has 7 nitrogen and oxygen atoms in total. The highest BCUT2D eigenvalue weighted by atomic mass is 16.5. The van der Waals surface area contributed by atoms with Crippen LogP contribution in [-0.2, 0) is 17.8 Å². The van der Waals surface area contributed by atoms with Gasteiger partial charge in [0.2, 0.25) is 0 Å². The highest BCUT2D eigenvalue weighted by molar-refractivity contribution is 5.79. The fraction of sp³-hybridized carbons (Fsp3) is 0.520. The summed E-state index contributed by atoms with van der Waals surface area (Å²) in [6.45, 7) is 9.39. The Bertz CT molecular complexity index is 865. The largest absolute Gasteiger partial charge is 0.491 e. The molecule has 2 aromatic rings. The minimum atomic E-state index is 0.540. The topological polar surface area (TPSA) is 71.0 Å². The molecule has 174 valence electrons. The molecule has 1 aromatic heterocycles. The molecule has 0 saturated carbocycles. The zero-order chi connectivity index (χ0) is 22.6. The van der Waals surface area contributed by atoms with E-state index in [1.54, 1.807) is 7.05 Å². The first-order valence-electron chi connectivity index (χ1n) is 11.6. The van der Waals surface area contributed by atoms with Gasteiger partial charge in [0, 0.05) is 51.6 Å². The van der Waals surface area contributed by atoms with Crippen molar-refractivity contribution in [3.8, 4) is 5.75 Å². The molecule has 1 fully saturated rings. The average Bonchev–Trinajstić information content (AvgIpc) is 2.83. The standard InChI is InChI=1S/C25H37N5O2/c1-4-31-14-15-32-23-16-20(2)8-9-22(23)19-29-25(26-3)28-18-21-10-11-27-24(17-21)30-12-6-5-7-13-30/h8-11,16-17H,4-7,12-15,18-19H2,1-3H3,(H2,26,28,29). The number of rotatable bonds is 10. The summed E-state index contributed by atoms with van der Waals surface area (Å²) in [5, 5.41) is 6.81. The number of pyridine rings is 1. The van der Waals surface area contributed by atoms with E-state index in [4.69, 9.17) is 9.47 Å². The monoisotopic (exact) mass is 439 g/mol. The number of guanidine groups is 1. The molecule has 1 saturated heterocycles. The van der Waals surface area contributed by atoms with Crippen LogP contribution in [0.2, 0.25) is 0 Å². The van der Waals surface area contributed by atoms with Crippen molar-refractivity contribution in [3.63, 3.8) is 0 Å². The maximum absolute atomic E-state index is 5.95. The van der Waals surface area contributed by atoms with Gasteiger partial charge in [0.05, 0.1) is 6.61 Å². The molecule has 0 unspecified atom stereocenters. The summed E-state index contributed by atoms with van der Waals surface area (Å²) in [4.78, 5) is 11.3. The Labute approximate surface area is 192 Å². The third-order valence-electron chi connectivity index (χ3n) is 5.53. The lowest BCUT2D eigenvalue weighted by Gasteiger charge is -2.28. The summed E-state index contributed by atoms with van der Waals surface area (Å²) in [7, 11) is 1.79. The lowest BCUT2D eigenvalue weighted by atomic mass is 10.1. The Kier molecular flexibility index (Phi) is 9.62. The molecule has 7 heteroatoms. The normalized spacial score (nSPS) is 14.3. The SMILES string of the molecule is CCOCCOc1cc(C)ccc1CNC(=NC)NCc1ccnc(N2CCCCC2)c1. The van der Waals surface area contributed by atoms with Crippen molar-refractivity contribution < 1.29 is 9.47 Å². The van der Waals surface area contributed by atoms with Crippen LogP contribution in [0.3, 0.4) is 0 Å². The Morgan fingerprint density at radius 2 is 1.88 bits per heavy atom. The van der Waals surface area contributed by atoms with Crippen molar-refractivity contribution in [2.45, 2.75) is 46.2 Å². The minimum Gasteiger partial charge on any atom is -0.491 e. The number of nitrogens with one attached hydrogen (secondary N) is 2. The molecule has 0 radical (unpaired) electrons. The summed E-state index contributed by atoms with van der Waals surface area (Å²) < 4.78 is 11.3.